The van der Waals surface area contributed by atoms with Crippen molar-refractivity contribution in [3.63, 3.8) is 0 Å². The first kappa shape index (κ1) is 23.9. The molecule has 0 aliphatic carbocycles. The van der Waals surface area contributed by atoms with E-state index >= 15 is 0 Å². The molecule has 0 bridgehead atoms. The maximum Gasteiger partial charge on any atom is 0.224 e. The minimum Gasteiger partial charge on any atom is -0.379 e. The van der Waals surface area contributed by atoms with Gasteiger partial charge in [0.05, 0.1) is 19.8 Å². The second kappa shape index (κ2) is 13.1. The van der Waals surface area contributed by atoms with Crippen LogP contribution in [0.25, 0.3) is 0 Å². The summed E-state index contributed by atoms with van der Waals surface area (Å²) in [5.74, 6) is 1.09. The van der Waals surface area contributed by atoms with Crippen LogP contribution in [-0.2, 0) is 20.9 Å². The van der Waals surface area contributed by atoms with Gasteiger partial charge in [-0.05, 0) is 68.8 Å². The molecule has 0 radical (unpaired) electrons. The Kier molecular flexibility index (Phi) is 11.6. The summed E-state index contributed by atoms with van der Waals surface area (Å²) in [6.07, 6.45) is 3.00. The molecule has 154 valence electrons. The van der Waals surface area contributed by atoms with Gasteiger partial charge < -0.3 is 20.1 Å². The number of halogens is 1. The quantitative estimate of drug-likeness (QED) is 0.586. The molecule has 2 atom stereocenters. The number of hydrogen-bond donors (Lipinski definition) is 2. The molecule has 1 aromatic rings. The molecular weight excluding hydrogens is 364 g/mol. The highest BCUT2D eigenvalue weighted by atomic mass is 35.5. The Morgan fingerprint density at radius 1 is 1.33 bits per heavy atom. The van der Waals surface area contributed by atoms with Gasteiger partial charge in [-0.1, -0.05) is 19.1 Å². The fourth-order valence-electron chi connectivity index (χ4n) is 3.44. The van der Waals surface area contributed by atoms with E-state index in [1.165, 1.54) is 12.8 Å². The number of nitrogens with one attached hydrogen (secondary N) is 2. The number of piperidine rings is 1. The number of benzene rings is 1. The van der Waals surface area contributed by atoms with E-state index < -0.39 is 0 Å². The van der Waals surface area contributed by atoms with Crippen molar-refractivity contribution in [2.45, 2.75) is 46.6 Å². The van der Waals surface area contributed by atoms with E-state index in [0.717, 1.165) is 29.9 Å². The standard InChI is InChI=1S/C21H34N2O3.ClH/c1-4-25-11-12-26-15-19-7-5-9-20(17(19)3)23-21(24)13-16(2)18-8-6-10-22-14-18;/h5,7,9,16,18,22H,4,6,8,10-15H2,1-3H3,(H,23,24);1H. The number of rotatable bonds is 10. The van der Waals surface area contributed by atoms with E-state index in [9.17, 15) is 4.79 Å². The first-order valence-corrected chi connectivity index (χ1v) is 9.86. The average Bonchev–Trinajstić information content (AvgIpc) is 2.65. The van der Waals surface area contributed by atoms with Gasteiger partial charge in [0.25, 0.3) is 0 Å². The Labute approximate surface area is 170 Å². The Bertz CT molecular complexity index is 562. The number of amides is 1. The molecule has 1 aromatic carbocycles. The average molecular weight is 399 g/mol. The second-order valence-electron chi connectivity index (χ2n) is 7.18. The third-order valence-electron chi connectivity index (χ3n) is 5.20. The van der Waals surface area contributed by atoms with Crippen molar-refractivity contribution in [3.8, 4) is 0 Å². The molecule has 1 fully saturated rings. The number of carbonyl (C=O) groups excluding carboxylic acids is 1. The van der Waals surface area contributed by atoms with Crippen LogP contribution in [0.2, 0.25) is 0 Å². The van der Waals surface area contributed by atoms with Crippen LogP contribution in [0.3, 0.4) is 0 Å². The predicted octanol–water partition coefficient (Wildman–Crippen LogP) is 3.93. The lowest BCUT2D eigenvalue weighted by molar-refractivity contribution is -0.117. The van der Waals surface area contributed by atoms with Gasteiger partial charge in [-0.3, -0.25) is 4.79 Å². The third kappa shape index (κ3) is 8.18. The minimum absolute atomic E-state index is 0. The first-order chi connectivity index (χ1) is 12.6. The van der Waals surface area contributed by atoms with Crippen molar-refractivity contribution in [2.75, 3.05) is 38.2 Å². The molecule has 0 aromatic heterocycles. The molecule has 1 heterocycles. The first-order valence-electron chi connectivity index (χ1n) is 9.86. The summed E-state index contributed by atoms with van der Waals surface area (Å²) in [7, 11) is 0. The zero-order chi connectivity index (χ0) is 18.8. The largest absolute Gasteiger partial charge is 0.379 e. The van der Waals surface area contributed by atoms with Gasteiger partial charge in [0.2, 0.25) is 5.91 Å². The summed E-state index contributed by atoms with van der Waals surface area (Å²) in [6, 6.07) is 5.98. The monoisotopic (exact) mass is 398 g/mol. The maximum absolute atomic E-state index is 12.5. The Morgan fingerprint density at radius 3 is 2.81 bits per heavy atom. The molecule has 2 rings (SSSR count). The lowest BCUT2D eigenvalue weighted by atomic mass is 9.85. The van der Waals surface area contributed by atoms with Gasteiger partial charge in [-0.2, -0.15) is 0 Å². The van der Waals surface area contributed by atoms with E-state index in [1.54, 1.807) is 0 Å². The molecule has 0 saturated carbocycles. The summed E-state index contributed by atoms with van der Waals surface area (Å²) in [5, 5.41) is 6.52. The van der Waals surface area contributed by atoms with Crippen molar-refractivity contribution >= 4 is 24.0 Å². The Balaban J connectivity index is 0.00000364. The van der Waals surface area contributed by atoms with Crippen molar-refractivity contribution in [1.29, 1.82) is 0 Å². The molecule has 1 amide bonds. The van der Waals surface area contributed by atoms with Crippen LogP contribution in [0, 0.1) is 18.8 Å². The summed E-state index contributed by atoms with van der Waals surface area (Å²) in [5.41, 5.74) is 3.06. The second-order valence-corrected chi connectivity index (χ2v) is 7.18. The molecule has 27 heavy (non-hydrogen) atoms. The molecule has 1 aliphatic heterocycles. The van der Waals surface area contributed by atoms with Crippen LogP contribution < -0.4 is 10.6 Å². The van der Waals surface area contributed by atoms with E-state index in [1.807, 2.05) is 32.0 Å². The van der Waals surface area contributed by atoms with Gasteiger partial charge in [-0.15, -0.1) is 12.4 Å². The number of ether oxygens (including phenoxy) is 2. The Hall–Kier alpha value is -1.14. The van der Waals surface area contributed by atoms with Gasteiger partial charge in [0.1, 0.15) is 0 Å². The van der Waals surface area contributed by atoms with Crippen molar-refractivity contribution in [3.05, 3.63) is 29.3 Å². The predicted molar refractivity (Wildman–Crippen MR) is 113 cm³/mol. The zero-order valence-electron chi connectivity index (χ0n) is 16.9. The molecule has 2 unspecified atom stereocenters. The molecule has 5 nitrogen and oxygen atoms in total. The van der Waals surface area contributed by atoms with Crippen molar-refractivity contribution in [1.82, 2.24) is 5.32 Å². The molecular formula is C21H35ClN2O3. The highest BCUT2D eigenvalue weighted by Crippen LogP contribution is 2.24. The topological polar surface area (TPSA) is 59.6 Å². The number of hydrogen-bond acceptors (Lipinski definition) is 4. The van der Waals surface area contributed by atoms with Crippen LogP contribution in [-0.4, -0.2) is 38.8 Å². The minimum atomic E-state index is 0. The molecule has 1 saturated heterocycles. The SMILES string of the molecule is CCOCCOCc1cccc(NC(=O)CC(C)C2CCCNC2)c1C.Cl. The smallest absolute Gasteiger partial charge is 0.224 e. The van der Waals surface area contributed by atoms with E-state index in [4.69, 9.17) is 9.47 Å². The van der Waals surface area contributed by atoms with Gasteiger partial charge in [-0.25, -0.2) is 0 Å². The van der Waals surface area contributed by atoms with E-state index in [-0.39, 0.29) is 18.3 Å². The van der Waals surface area contributed by atoms with Gasteiger partial charge in [0.15, 0.2) is 0 Å². The molecule has 6 heteroatoms. The van der Waals surface area contributed by atoms with Crippen LogP contribution in [0.1, 0.15) is 44.2 Å². The lowest BCUT2D eigenvalue weighted by Crippen LogP contribution is -2.34. The number of anilines is 1. The molecule has 2 N–H and O–H groups in total. The molecule has 0 spiro atoms. The molecule has 1 aliphatic rings. The van der Waals surface area contributed by atoms with Crippen LogP contribution in [0.4, 0.5) is 5.69 Å². The fourth-order valence-corrected chi connectivity index (χ4v) is 3.44. The highest BCUT2D eigenvalue weighted by Gasteiger charge is 2.22. The van der Waals surface area contributed by atoms with Crippen LogP contribution in [0.5, 0.6) is 0 Å². The highest BCUT2D eigenvalue weighted by molar-refractivity contribution is 5.91. The van der Waals surface area contributed by atoms with E-state index in [0.29, 0.717) is 44.7 Å². The zero-order valence-corrected chi connectivity index (χ0v) is 17.7. The van der Waals surface area contributed by atoms with Crippen LogP contribution >= 0.6 is 12.4 Å². The lowest BCUT2D eigenvalue weighted by Gasteiger charge is -2.28. The summed E-state index contributed by atoms with van der Waals surface area (Å²) in [4.78, 5) is 12.5. The fraction of sp³-hybridized carbons (Fsp3) is 0.667. The van der Waals surface area contributed by atoms with Gasteiger partial charge in [0, 0.05) is 18.7 Å². The van der Waals surface area contributed by atoms with Gasteiger partial charge >= 0.3 is 0 Å². The van der Waals surface area contributed by atoms with Crippen LogP contribution in [0.15, 0.2) is 18.2 Å². The summed E-state index contributed by atoms with van der Waals surface area (Å²) < 4.78 is 10.9. The van der Waals surface area contributed by atoms with Crippen molar-refractivity contribution in [2.24, 2.45) is 11.8 Å². The Morgan fingerprint density at radius 2 is 2.11 bits per heavy atom. The maximum atomic E-state index is 12.5. The third-order valence-corrected chi connectivity index (χ3v) is 5.20. The summed E-state index contributed by atoms with van der Waals surface area (Å²) >= 11 is 0. The van der Waals surface area contributed by atoms with E-state index in [2.05, 4.69) is 17.6 Å². The van der Waals surface area contributed by atoms with Crippen molar-refractivity contribution < 1.29 is 14.3 Å². The number of carbonyl (C=O) groups is 1. The summed E-state index contributed by atoms with van der Waals surface area (Å²) in [6.45, 7) is 10.8. The normalized spacial score (nSPS) is 17.8.